The quantitative estimate of drug-likeness (QED) is 0.493. The standard InChI is InChI=1S/C22H20N2O4S2/c1-14-4-6-15(7-5-14)13-18-20(26)24(22(29)30-18)12-2-3-19(25)23-17-10-8-16(9-11-17)21(27)28/h4-11,13H,2-3,12H2,1H3,(H,23,25)(H,27,28)/b18-13-. The third-order valence-corrected chi connectivity index (χ3v) is 5.83. The van der Waals surface area contributed by atoms with Gasteiger partial charge in [-0.15, -0.1) is 0 Å². The molecule has 0 aromatic heterocycles. The van der Waals surface area contributed by atoms with E-state index < -0.39 is 5.97 Å². The minimum atomic E-state index is -1.02. The van der Waals surface area contributed by atoms with E-state index in [-0.39, 0.29) is 23.8 Å². The molecule has 1 fully saturated rings. The Hall–Kier alpha value is -2.97. The number of anilines is 1. The predicted octanol–water partition coefficient (Wildman–Crippen LogP) is 4.31. The van der Waals surface area contributed by atoms with E-state index in [4.69, 9.17) is 17.3 Å². The Morgan fingerprint density at radius 1 is 1.13 bits per heavy atom. The zero-order valence-electron chi connectivity index (χ0n) is 16.3. The summed E-state index contributed by atoms with van der Waals surface area (Å²) in [5.41, 5.74) is 2.77. The van der Waals surface area contributed by atoms with Gasteiger partial charge in [0.25, 0.3) is 5.91 Å². The van der Waals surface area contributed by atoms with Crippen molar-refractivity contribution in [3.05, 3.63) is 70.1 Å². The number of aromatic carboxylic acids is 1. The van der Waals surface area contributed by atoms with Crippen LogP contribution in [0, 0.1) is 6.92 Å². The number of benzene rings is 2. The summed E-state index contributed by atoms with van der Waals surface area (Å²) in [4.78, 5) is 37.7. The Bertz CT molecular complexity index is 1010. The van der Waals surface area contributed by atoms with Crippen LogP contribution < -0.4 is 5.32 Å². The van der Waals surface area contributed by atoms with Gasteiger partial charge in [0.2, 0.25) is 5.91 Å². The van der Waals surface area contributed by atoms with Crippen molar-refractivity contribution in [2.45, 2.75) is 19.8 Å². The van der Waals surface area contributed by atoms with Gasteiger partial charge in [0, 0.05) is 18.7 Å². The maximum Gasteiger partial charge on any atom is 0.335 e. The summed E-state index contributed by atoms with van der Waals surface area (Å²) in [6.07, 6.45) is 2.50. The molecule has 30 heavy (non-hydrogen) atoms. The highest BCUT2D eigenvalue weighted by atomic mass is 32.2. The maximum absolute atomic E-state index is 12.6. The highest BCUT2D eigenvalue weighted by Crippen LogP contribution is 2.32. The lowest BCUT2D eigenvalue weighted by molar-refractivity contribution is -0.122. The van der Waals surface area contributed by atoms with E-state index in [1.54, 1.807) is 12.1 Å². The number of carboxylic acid groups (broad SMARTS) is 1. The van der Waals surface area contributed by atoms with Crippen molar-refractivity contribution < 1.29 is 19.5 Å². The molecule has 0 atom stereocenters. The Kier molecular flexibility index (Phi) is 7.02. The molecule has 154 valence electrons. The second-order valence-electron chi connectivity index (χ2n) is 6.78. The first-order valence-corrected chi connectivity index (χ1v) is 10.5. The van der Waals surface area contributed by atoms with Gasteiger partial charge in [-0.3, -0.25) is 14.5 Å². The molecule has 2 aromatic rings. The molecule has 0 saturated carbocycles. The van der Waals surface area contributed by atoms with Crippen LogP contribution in [-0.4, -0.2) is 38.7 Å². The second-order valence-corrected chi connectivity index (χ2v) is 8.45. The summed E-state index contributed by atoms with van der Waals surface area (Å²) in [6, 6.07) is 13.8. The van der Waals surface area contributed by atoms with Crippen LogP contribution >= 0.6 is 24.0 Å². The van der Waals surface area contributed by atoms with Gasteiger partial charge in [-0.05, 0) is 49.2 Å². The molecule has 2 N–H and O–H groups in total. The number of thioether (sulfide) groups is 1. The minimum absolute atomic E-state index is 0.143. The van der Waals surface area contributed by atoms with Gasteiger partial charge >= 0.3 is 5.97 Å². The molecular formula is C22H20N2O4S2. The first kappa shape index (κ1) is 21.7. The smallest absolute Gasteiger partial charge is 0.335 e. The number of carbonyl (C=O) groups is 3. The zero-order valence-corrected chi connectivity index (χ0v) is 17.9. The third kappa shape index (κ3) is 5.55. The van der Waals surface area contributed by atoms with Crippen molar-refractivity contribution in [2.75, 3.05) is 11.9 Å². The van der Waals surface area contributed by atoms with Gasteiger partial charge < -0.3 is 10.4 Å². The maximum atomic E-state index is 12.6. The van der Waals surface area contributed by atoms with Gasteiger partial charge in [0.1, 0.15) is 4.32 Å². The van der Waals surface area contributed by atoms with E-state index in [1.165, 1.54) is 28.8 Å². The van der Waals surface area contributed by atoms with Crippen molar-refractivity contribution in [1.29, 1.82) is 0 Å². The number of aryl methyl sites for hydroxylation is 1. The number of hydrogen-bond acceptors (Lipinski definition) is 5. The number of thiocarbonyl (C=S) groups is 1. The number of carbonyl (C=O) groups excluding carboxylic acids is 2. The van der Waals surface area contributed by atoms with Crippen LogP contribution in [-0.2, 0) is 9.59 Å². The van der Waals surface area contributed by atoms with Crippen molar-refractivity contribution >= 4 is 57.8 Å². The number of nitrogens with one attached hydrogen (secondary N) is 1. The van der Waals surface area contributed by atoms with E-state index in [1.807, 2.05) is 37.3 Å². The molecule has 0 spiro atoms. The van der Waals surface area contributed by atoms with Crippen LogP contribution in [0.1, 0.15) is 34.3 Å². The van der Waals surface area contributed by atoms with Crippen molar-refractivity contribution in [2.24, 2.45) is 0 Å². The van der Waals surface area contributed by atoms with Crippen LogP contribution in [0.25, 0.3) is 6.08 Å². The molecule has 1 aliphatic heterocycles. The molecule has 0 radical (unpaired) electrons. The van der Waals surface area contributed by atoms with E-state index in [0.29, 0.717) is 27.9 Å². The van der Waals surface area contributed by atoms with Gasteiger partial charge in [0.15, 0.2) is 0 Å². The zero-order chi connectivity index (χ0) is 21.7. The average Bonchev–Trinajstić information content (AvgIpc) is 2.97. The Morgan fingerprint density at radius 2 is 1.80 bits per heavy atom. The molecule has 3 rings (SSSR count). The number of hydrogen-bond donors (Lipinski definition) is 2. The number of nitrogens with zero attached hydrogens (tertiary/aromatic N) is 1. The molecule has 1 heterocycles. The summed E-state index contributed by atoms with van der Waals surface area (Å²) in [6.45, 7) is 2.37. The first-order chi connectivity index (χ1) is 14.3. The van der Waals surface area contributed by atoms with Gasteiger partial charge in [-0.1, -0.05) is 53.8 Å². The minimum Gasteiger partial charge on any atom is -0.478 e. The Balaban J connectivity index is 1.51. The lowest BCUT2D eigenvalue weighted by atomic mass is 10.1. The number of amides is 2. The lowest BCUT2D eigenvalue weighted by Gasteiger charge is -2.14. The third-order valence-electron chi connectivity index (χ3n) is 4.45. The van der Waals surface area contributed by atoms with Gasteiger partial charge in [-0.2, -0.15) is 0 Å². The van der Waals surface area contributed by atoms with E-state index in [9.17, 15) is 14.4 Å². The van der Waals surface area contributed by atoms with Crippen LogP contribution in [0.2, 0.25) is 0 Å². The SMILES string of the molecule is Cc1ccc(/C=C2\SC(=S)N(CCCC(=O)Nc3ccc(C(=O)O)cc3)C2=O)cc1. The summed E-state index contributed by atoms with van der Waals surface area (Å²) in [5, 5.41) is 11.6. The molecule has 0 bridgehead atoms. The van der Waals surface area contributed by atoms with E-state index in [2.05, 4.69) is 5.32 Å². The van der Waals surface area contributed by atoms with Crippen molar-refractivity contribution in [3.63, 3.8) is 0 Å². The largest absolute Gasteiger partial charge is 0.478 e. The van der Waals surface area contributed by atoms with Gasteiger partial charge in [-0.25, -0.2) is 4.79 Å². The fraction of sp³-hybridized carbons (Fsp3) is 0.182. The molecule has 0 aliphatic carbocycles. The fourth-order valence-electron chi connectivity index (χ4n) is 2.82. The normalized spacial score (nSPS) is 15.0. The summed E-state index contributed by atoms with van der Waals surface area (Å²) in [7, 11) is 0. The summed E-state index contributed by atoms with van der Waals surface area (Å²) < 4.78 is 0.489. The average molecular weight is 441 g/mol. The van der Waals surface area contributed by atoms with Crippen molar-refractivity contribution in [1.82, 2.24) is 4.90 Å². The monoisotopic (exact) mass is 440 g/mol. The summed E-state index contributed by atoms with van der Waals surface area (Å²) in [5.74, 6) is -1.37. The van der Waals surface area contributed by atoms with Gasteiger partial charge in [0.05, 0.1) is 10.5 Å². The Morgan fingerprint density at radius 3 is 2.43 bits per heavy atom. The van der Waals surface area contributed by atoms with Crippen LogP contribution in [0.4, 0.5) is 5.69 Å². The van der Waals surface area contributed by atoms with E-state index >= 15 is 0 Å². The second kappa shape index (κ2) is 9.69. The van der Waals surface area contributed by atoms with Crippen LogP contribution in [0.5, 0.6) is 0 Å². The topological polar surface area (TPSA) is 86.7 Å². The van der Waals surface area contributed by atoms with Crippen LogP contribution in [0.15, 0.2) is 53.4 Å². The molecule has 0 unspecified atom stereocenters. The molecule has 1 aliphatic rings. The fourth-order valence-corrected chi connectivity index (χ4v) is 4.13. The Labute approximate surface area is 184 Å². The number of carboxylic acids is 1. The highest BCUT2D eigenvalue weighted by molar-refractivity contribution is 8.26. The molecule has 1 saturated heterocycles. The first-order valence-electron chi connectivity index (χ1n) is 9.29. The molecule has 2 amide bonds. The molecule has 2 aromatic carbocycles. The number of rotatable bonds is 7. The summed E-state index contributed by atoms with van der Waals surface area (Å²) >= 11 is 6.59. The lowest BCUT2D eigenvalue weighted by Crippen LogP contribution is -2.29. The predicted molar refractivity (Wildman–Crippen MR) is 122 cm³/mol. The molecule has 6 nitrogen and oxygen atoms in total. The molecular weight excluding hydrogens is 420 g/mol. The highest BCUT2D eigenvalue weighted by Gasteiger charge is 2.31. The van der Waals surface area contributed by atoms with Crippen LogP contribution in [0.3, 0.4) is 0 Å². The molecule has 8 heteroatoms. The van der Waals surface area contributed by atoms with Crippen molar-refractivity contribution in [3.8, 4) is 0 Å². The van der Waals surface area contributed by atoms with E-state index in [0.717, 1.165) is 11.1 Å².